The van der Waals surface area contributed by atoms with E-state index in [2.05, 4.69) is 11.0 Å². The van der Waals surface area contributed by atoms with Gasteiger partial charge in [0, 0.05) is 35.5 Å². The Balaban J connectivity index is 1.75. The quantitative estimate of drug-likeness (QED) is 0.792. The molecule has 0 saturated carbocycles. The van der Waals surface area contributed by atoms with Crippen molar-refractivity contribution in [2.45, 2.75) is 25.7 Å². The van der Waals surface area contributed by atoms with Gasteiger partial charge in [0.15, 0.2) is 0 Å². The van der Waals surface area contributed by atoms with Crippen LogP contribution in [0, 0.1) is 0 Å². The Morgan fingerprint density at radius 1 is 1.04 bits per heavy atom. The molecule has 1 aliphatic carbocycles. The lowest BCUT2D eigenvalue weighted by atomic mass is 9.96. The van der Waals surface area contributed by atoms with Crippen molar-refractivity contribution in [2.75, 3.05) is 18.0 Å². The molecule has 2 N–H and O–H groups in total. The van der Waals surface area contributed by atoms with Crippen LogP contribution in [0.2, 0.25) is 0 Å². The Morgan fingerprint density at radius 3 is 2.65 bits per heavy atom. The van der Waals surface area contributed by atoms with Crippen molar-refractivity contribution in [3.8, 4) is 11.3 Å². The number of hydrogen-bond donors (Lipinski definition) is 1. The molecule has 2 aliphatic rings. The fourth-order valence-corrected chi connectivity index (χ4v) is 3.97. The third-order valence-electron chi connectivity index (χ3n) is 5.46. The number of nitrogens with zero attached hydrogens (tertiary/aromatic N) is 3. The number of rotatable bonds is 3. The number of amides is 1. The minimum absolute atomic E-state index is 0.406. The molecule has 0 atom stereocenters. The normalized spacial score (nSPS) is 15.8. The van der Waals surface area contributed by atoms with Gasteiger partial charge >= 0.3 is 0 Å². The molecule has 0 spiro atoms. The zero-order valence-corrected chi connectivity index (χ0v) is 14.5. The van der Waals surface area contributed by atoms with Crippen molar-refractivity contribution in [1.82, 2.24) is 9.97 Å². The maximum atomic E-state index is 12.0. The van der Waals surface area contributed by atoms with Crippen LogP contribution >= 0.6 is 0 Å². The summed E-state index contributed by atoms with van der Waals surface area (Å²) >= 11 is 0. The van der Waals surface area contributed by atoms with E-state index in [0.717, 1.165) is 66.0 Å². The second-order valence-electron chi connectivity index (χ2n) is 7.10. The summed E-state index contributed by atoms with van der Waals surface area (Å²) in [5.74, 6) is 0.414. The van der Waals surface area contributed by atoms with Crippen LogP contribution in [0.5, 0.6) is 0 Å². The molecule has 130 valence electrons. The number of fused-ring (bicyclic) bond motifs is 2. The Kier molecular flexibility index (Phi) is 3.42. The fraction of sp³-hybridized carbons (Fsp3) is 0.286. The Morgan fingerprint density at radius 2 is 1.88 bits per heavy atom. The highest BCUT2D eigenvalue weighted by Crippen LogP contribution is 2.35. The fourth-order valence-electron chi connectivity index (χ4n) is 3.97. The third-order valence-corrected chi connectivity index (χ3v) is 5.46. The van der Waals surface area contributed by atoms with Crippen LogP contribution in [-0.4, -0.2) is 29.0 Å². The van der Waals surface area contributed by atoms with E-state index < -0.39 is 5.91 Å². The number of carbonyl (C=O) groups is 1. The van der Waals surface area contributed by atoms with Crippen molar-refractivity contribution in [3.05, 3.63) is 53.2 Å². The molecule has 26 heavy (non-hydrogen) atoms. The first kappa shape index (κ1) is 15.3. The molecule has 1 fully saturated rings. The number of primary amides is 1. The molecule has 1 aromatic heterocycles. The van der Waals surface area contributed by atoms with Gasteiger partial charge in [0.2, 0.25) is 11.9 Å². The largest absolute Gasteiger partial charge is 0.366 e. The van der Waals surface area contributed by atoms with Crippen molar-refractivity contribution in [2.24, 2.45) is 5.73 Å². The smallest absolute Gasteiger partial charge is 0.249 e. The second-order valence-corrected chi connectivity index (χ2v) is 7.10. The molecular weight excluding hydrogens is 324 g/mol. The number of nitrogens with two attached hydrogens (primary N) is 1. The Hall–Kier alpha value is -2.95. The molecule has 0 bridgehead atoms. The number of hydrogen-bond acceptors (Lipinski definition) is 4. The summed E-state index contributed by atoms with van der Waals surface area (Å²) in [5.41, 5.74) is 10.5. The molecule has 0 radical (unpaired) electrons. The molecule has 0 unspecified atom stereocenters. The lowest BCUT2D eigenvalue weighted by Crippen LogP contribution is -2.38. The van der Waals surface area contributed by atoms with E-state index in [9.17, 15) is 4.79 Å². The van der Waals surface area contributed by atoms with Crippen molar-refractivity contribution in [3.63, 3.8) is 0 Å². The molecule has 1 aliphatic heterocycles. The number of carbonyl (C=O) groups excluding carboxylic acids is 1. The van der Waals surface area contributed by atoms with Gasteiger partial charge in [-0.05, 0) is 48.6 Å². The SMILES string of the molecule is NC(=O)c1cc(-c2nc(N3CCC3)nc3c2CCC3)cc2ccccc12. The predicted molar refractivity (Wildman–Crippen MR) is 102 cm³/mol. The van der Waals surface area contributed by atoms with Crippen molar-refractivity contribution >= 4 is 22.6 Å². The van der Waals surface area contributed by atoms with E-state index in [4.69, 9.17) is 15.7 Å². The van der Waals surface area contributed by atoms with Gasteiger partial charge in [-0.3, -0.25) is 4.79 Å². The first-order valence-electron chi connectivity index (χ1n) is 9.18. The topological polar surface area (TPSA) is 72.1 Å². The van der Waals surface area contributed by atoms with Gasteiger partial charge in [0.25, 0.3) is 0 Å². The van der Waals surface area contributed by atoms with Crippen LogP contribution in [0.3, 0.4) is 0 Å². The average molecular weight is 344 g/mol. The van der Waals surface area contributed by atoms with Gasteiger partial charge < -0.3 is 10.6 Å². The molecule has 2 heterocycles. The first-order valence-corrected chi connectivity index (χ1v) is 9.18. The average Bonchev–Trinajstić information content (AvgIpc) is 3.07. The summed E-state index contributed by atoms with van der Waals surface area (Å²) in [6, 6.07) is 11.9. The Labute approximate surface area is 151 Å². The van der Waals surface area contributed by atoms with Crippen LogP contribution in [0.15, 0.2) is 36.4 Å². The van der Waals surface area contributed by atoms with Gasteiger partial charge in [-0.15, -0.1) is 0 Å². The van der Waals surface area contributed by atoms with Crippen LogP contribution in [0.4, 0.5) is 5.95 Å². The summed E-state index contributed by atoms with van der Waals surface area (Å²) in [7, 11) is 0. The van der Waals surface area contributed by atoms with Gasteiger partial charge in [-0.25, -0.2) is 9.97 Å². The van der Waals surface area contributed by atoms with Crippen molar-refractivity contribution in [1.29, 1.82) is 0 Å². The zero-order valence-electron chi connectivity index (χ0n) is 14.5. The van der Waals surface area contributed by atoms with Crippen LogP contribution < -0.4 is 10.6 Å². The number of benzene rings is 2. The lowest BCUT2D eigenvalue weighted by Gasteiger charge is -2.31. The minimum Gasteiger partial charge on any atom is -0.366 e. The summed E-state index contributed by atoms with van der Waals surface area (Å²) in [5, 5.41) is 1.90. The second kappa shape index (κ2) is 5.80. The van der Waals surface area contributed by atoms with E-state index in [1.165, 1.54) is 12.0 Å². The van der Waals surface area contributed by atoms with Crippen LogP contribution in [0.25, 0.3) is 22.0 Å². The van der Waals surface area contributed by atoms with Gasteiger partial charge in [0.05, 0.1) is 5.69 Å². The molecule has 5 rings (SSSR count). The zero-order chi connectivity index (χ0) is 17.7. The maximum Gasteiger partial charge on any atom is 0.249 e. The highest BCUT2D eigenvalue weighted by Gasteiger charge is 2.25. The highest BCUT2D eigenvalue weighted by atomic mass is 16.1. The standard InChI is InChI=1S/C21H20N4O/c22-20(26)17-12-14(11-13-5-1-2-6-15(13)17)19-16-7-3-8-18(16)23-21(24-19)25-9-4-10-25/h1-2,5-6,11-12H,3-4,7-10H2,(H2,22,26). The first-order chi connectivity index (χ1) is 12.7. The molecule has 2 aromatic carbocycles. The molecule has 5 nitrogen and oxygen atoms in total. The van der Waals surface area contributed by atoms with Crippen LogP contribution in [-0.2, 0) is 12.8 Å². The molecule has 3 aromatic rings. The van der Waals surface area contributed by atoms with Gasteiger partial charge in [-0.2, -0.15) is 0 Å². The van der Waals surface area contributed by atoms with E-state index in [1.54, 1.807) is 0 Å². The predicted octanol–water partition coefficient (Wildman–Crippen LogP) is 3.09. The van der Waals surface area contributed by atoms with Crippen molar-refractivity contribution < 1.29 is 4.79 Å². The Bertz CT molecular complexity index is 1040. The summed E-state index contributed by atoms with van der Waals surface area (Å²) in [6.07, 6.45) is 4.29. The van der Waals surface area contributed by atoms with Gasteiger partial charge in [0.1, 0.15) is 0 Å². The molecular formula is C21H20N4O. The van der Waals surface area contributed by atoms with E-state index in [0.29, 0.717) is 5.56 Å². The lowest BCUT2D eigenvalue weighted by molar-refractivity contribution is 0.100. The third kappa shape index (κ3) is 2.35. The molecule has 1 saturated heterocycles. The van der Waals surface area contributed by atoms with E-state index >= 15 is 0 Å². The number of anilines is 1. The number of aryl methyl sites for hydroxylation is 1. The maximum absolute atomic E-state index is 12.0. The summed E-state index contributed by atoms with van der Waals surface area (Å²) < 4.78 is 0. The number of aromatic nitrogens is 2. The molecule has 1 amide bonds. The summed E-state index contributed by atoms with van der Waals surface area (Å²) in [4.78, 5) is 24.0. The van der Waals surface area contributed by atoms with Crippen LogP contribution in [0.1, 0.15) is 34.5 Å². The molecule has 5 heteroatoms. The van der Waals surface area contributed by atoms with E-state index in [1.807, 2.05) is 30.3 Å². The monoisotopic (exact) mass is 344 g/mol. The van der Waals surface area contributed by atoms with Gasteiger partial charge in [-0.1, -0.05) is 24.3 Å². The summed E-state index contributed by atoms with van der Waals surface area (Å²) in [6.45, 7) is 2.03. The highest BCUT2D eigenvalue weighted by molar-refractivity contribution is 6.08. The minimum atomic E-state index is -0.406. The van der Waals surface area contributed by atoms with E-state index in [-0.39, 0.29) is 0 Å².